The van der Waals surface area contributed by atoms with E-state index < -0.39 is 0 Å². The number of hydrogen-bond acceptors (Lipinski definition) is 3. The van der Waals surface area contributed by atoms with Gasteiger partial charge in [0, 0.05) is 6.21 Å². The van der Waals surface area contributed by atoms with Crippen LogP contribution in [0.25, 0.3) is 17.2 Å². The van der Waals surface area contributed by atoms with Crippen LogP contribution in [-0.4, -0.2) is 18.7 Å². The van der Waals surface area contributed by atoms with Crippen LogP contribution in [0, 0.1) is 0 Å². The van der Waals surface area contributed by atoms with E-state index in [1.165, 1.54) is 6.21 Å². The van der Waals surface area contributed by atoms with Crippen molar-refractivity contribution in [3.05, 3.63) is 96.6 Å². The summed E-state index contributed by atoms with van der Waals surface area (Å²) in [6, 6.07) is 27.6. The second kappa shape index (κ2) is 9.73. The third-order valence-corrected chi connectivity index (χ3v) is 3.77. The Bertz CT molecular complexity index is 902. The minimum Gasteiger partial charge on any atom is -0.484 e. The third kappa shape index (κ3) is 5.97. The van der Waals surface area contributed by atoms with Crippen LogP contribution in [0.1, 0.15) is 5.56 Å². The van der Waals surface area contributed by atoms with Gasteiger partial charge in [-0.1, -0.05) is 78.9 Å². The molecule has 0 saturated carbocycles. The lowest BCUT2D eigenvalue weighted by Crippen LogP contribution is -2.24. The van der Waals surface area contributed by atoms with Crippen LogP contribution in [0.5, 0.6) is 5.75 Å². The molecule has 1 amide bonds. The van der Waals surface area contributed by atoms with Gasteiger partial charge < -0.3 is 4.74 Å². The molecule has 0 heterocycles. The standard InChI is InChI=1S/C23H20N2O2/c26-23(25-24-17-7-10-19-8-3-1-4-9-19)18-27-22-15-13-21(14-16-22)20-11-5-2-6-12-20/h1-17H,18H2,(H,25,26)/b10-7+,24-17+. The van der Waals surface area contributed by atoms with Crippen molar-refractivity contribution in [2.24, 2.45) is 5.10 Å². The fourth-order valence-corrected chi connectivity index (χ4v) is 2.43. The zero-order valence-corrected chi connectivity index (χ0v) is 14.8. The van der Waals surface area contributed by atoms with Crippen molar-refractivity contribution >= 4 is 18.2 Å². The molecule has 0 aliphatic carbocycles. The molecule has 134 valence electrons. The van der Waals surface area contributed by atoms with Gasteiger partial charge in [-0.25, -0.2) is 5.43 Å². The highest BCUT2D eigenvalue weighted by atomic mass is 16.5. The number of allylic oxidation sites excluding steroid dienone is 1. The van der Waals surface area contributed by atoms with Crippen molar-refractivity contribution in [3.8, 4) is 16.9 Å². The molecule has 0 aliphatic heterocycles. The molecule has 27 heavy (non-hydrogen) atoms. The van der Waals surface area contributed by atoms with E-state index in [1.54, 1.807) is 6.08 Å². The van der Waals surface area contributed by atoms with E-state index in [2.05, 4.69) is 10.5 Å². The number of hydrogen-bond donors (Lipinski definition) is 1. The molecule has 0 aromatic heterocycles. The van der Waals surface area contributed by atoms with E-state index in [0.29, 0.717) is 5.75 Å². The van der Waals surface area contributed by atoms with E-state index in [0.717, 1.165) is 16.7 Å². The molecule has 4 heteroatoms. The highest BCUT2D eigenvalue weighted by Crippen LogP contribution is 2.21. The lowest BCUT2D eigenvalue weighted by Gasteiger charge is -2.06. The number of carbonyl (C=O) groups is 1. The summed E-state index contributed by atoms with van der Waals surface area (Å²) in [4.78, 5) is 11.8. The van der Waals surface area contributed by atoms with Crippen LogP contribution in [0.3, 0.4) is 0 Å². The molecule has 0 radical (unpaired) electrons. The molecule has 0 fully saturated rings. The van der Waals surface area contributed by atoms with Crippen molar-refractivity contribution in [3.63, 3.8) is 0 Å². The third-order valence-electron chi connectivity index (χ3n) is 3.77. The average molecular weight is 356 g/mol. The molecule has 0 saturated heterocycles. The van der Waals surface area contributed by atoms with Crippen LogP contribution in [-0.2, 0) is 4.79 Å². The lowest BCUT2D eigenvalue weighted by atomic mass is 10.1. The quantitative estimate of drug-likeness (QED) is 0.499. The first-order valence-electron chi connectivity index (χ1n) is 8.63. The highest BCUT2D eigenvalue weighted by molar-refractivity contribution is 5.82. The van der Waals surface area contributed by atoms with Gasteiger partial charge in [-0.3, -0.25) is 4.79 Å². The van der Waals surface area contributed by atoms with E-state index in [9.17, 15) is 4.79 Å². The van der Waals surface area contributed by atoms with Crippen LogP contribution in [0.15, 0.2) is 96.1 Å². The fraction of sp³-hybridized carbons (Fsp3) is 0.0435. The molecule has 0 aliphatic rings. The molecule has 3 aromatic carbocycles. The van der Waals surface area contributed by atoms with E-state index in [4.69, 9.17) is 4.74 Å². The van der Waals surface area contributed by atoms with E-state index >= 15 is 0 Å². The van der Waals surface area contributed by atoms with E-state index in [1.807, 2.05) is 91.0 Å². The summed E-state index contributed by atoms with van der Waals surface area (Å²) >= 11 is 0. The molecule has 4 nitrogen and oxygen atoms in total. The van der Waals surface area contributed by atoms with Crippen molar-refractivity contribution in [2.75, 3.05) is 6.61 Å². The Balaban J connectivity index is 1.42. The van der Waals surface area contributed by atoms with Crippen LogP contribution >= 0.6 is 0 Å². The Morgan fingerprint density at radius 2 is 1.48 bits per heavy atom. The number of ether oxygens (including phenoxy) is 1. The number of nitrogens with one attached hydrogen (secondary N) is 1. The van der Waals surface area contributed by atoms with Gasteiger partial charge in [-0.15, -0.1) is 0 Å². The summed E-state index contributed by atoms with van der Waals surface area (Å²) < 4.78 is 5.48. The zero-order chi connectivity index (χ0) is 18.7. The van der Waals surface area contributed by atoms with Gasteiger partial charge in [0.05, 0.1) is 0 Å². The average Bonchev–Trinajstić information content (AvgIpc) is 2.74. The second-order valence-corrected chi connectivity index (χ2v) is 5.76. The molecule has 1 N–H and O–H groups in total. The van der Waals surface area contributed by atoms with Crippen molar-refractivity contribution in [1.82, 2.24) is 5.43 Å². The van der Waals surface area contributed by atoms with Gasteiger partial charge in [-0.05, 0) is 34.9 Å². The van der Waals surface area contributed by atoms with Gasteiger partial charge in [-0.2, -0.15) is 5.10 Å². The van der Waals surface area contributed by atoms with Crippen LogP contribution in [0.4, 0.5) is 0 Å². The van der Waals surface area contributed by atoms with Crippen molar-refractivity contribution in [2.45, 2.75) is 0 Å². The Morgan fingerprint density at radius 1 is 0.852 bits per heavy atom. The summed E-state index contributed by atoms with van der Waals surface area (Å²) in [6.45, 7) is -0.0928. The number of amides is 1. The van der Waals surface area contributed by atoms with Crippen LogP contribution < -0.4 is 10.2 Å². The predicted molar refractivity (Wildman–Crippen MR) is 109 cm³/mol. The fourth-order valence-electron chi connectivity index (χ4n) is 2.43. The number of carbonyl (C=O) groups excluding carboxylic acids is 1. The molecular formula is C23H20N2O2. The van der Waals surface area contributed by atoms with Gasteiger partial charge >= 0.3 is 0 Å². The first-order chi connectivity index (χ1) is 13.3. The van der Waals surface area contributed by atoms with Crippen LogP contribution in [0.2, 0.25) is 0 Å². The van der Waals surface area contributed by atoms with Gasteiger partial charge in [0.25, 0.3) is 5.91 Å². The smallest absolute Gasteiger partial charge is 0.277 e. The molecule has 3 rings (SSSR count). The number of rotatable bonds is 7. The molecule has 0 bridgehead atoms. The molecule has 0 unspecified atom stereocenters. The molecule has 3 aromatic rings. The molecule has 0 spiro atoms. The maximum atomic E-state index is 11.8. The van der Waals surface area contributed by atoms with Crippen molar-refractivity contribution in [1.29, 1.82) is 0 Å². The Hall–Kier alpha value is -3.66. The molecule has 0 atom stereocenters. The first kappa shape index (κ1) is 18.1. The minimum absolute atomic E-state index is 0.0928. The maximum absolute atomic E-state index is 11.8. The Morgan fingerprint density at radius 3 is 2.19 bits per heavy atom. The topological polar surface area (TPSA) is 50.7 Å². The number of hydrazone groups is 1. The predicted octanol–water partition coefficient (Wildman–Crippen LogP) is 4.55. The van der Waals surface area contributed by atoms with Gasteiger partial charge in [0.15, 0.2) is 6.61 Å². The second-order valence-electron chi connectivity index (χ2n) is 5.76. The summed E-state index contributed by atoms with van der Waals surface area (Å²) in [7, 11) is 0. The summed E-state index contributed by atoms with van der Waals surface area (Å²) in [5, 5.41) is 3.86. The minimum atomic E-state index is -0.313. The lowest BCUT2D eigenvalue weighted by molar-refractivity contribution is -0.123. The first-order valence-corrected chi connectivity index (χ1v) is 8.63. The summed E-state index contributed by atoms with van der Waals surface area (Å²) in [5.41, 5.74) is 5.74. The largest absolute Gasteiger partial charge is 0.484 e. The Labute approximate surface area is 158 Å². The highest BCUT2D eigenvalue weighted by Gasteiger charge is 2.02. The molecular weight excluding hydrogens is 336 g/mol. The summed E-state index contributed by atoms with van der Waals surface area (Å²) in [6.07, 6.45) is 5.19. The van der Waals surface area contributed by atoms with Crippen molar-refractivity contribution < 1.29 is 9.53 Å². The SMILES string of the molecule is O=C(COc1ccc(-c2ccccc2)cc1)N/N=C/C=C/c1ccccc1. The zero-order valence-electron chi connectivity index (χ0n) is 14.8. The number of nitrogens with zero attached hydrogens (tertiary/aromatic N) is 1. The summed E-state index contributed by atoms with van der Waals surface area (Å²) in [5.74, 6) is 0.323. The Kier molecular flexibility index (Phi) is 6.54. The van der Waals surface area contributed by atoms with Gasteiger partial charge in [0.1, 0.15) is 5.75 Å². The van der Waals surface area contributed by atoms with E-state index in [-0.39, 0.29) is 12.5 Å². The van der Waals surface area contributed by atoms with Gasteiger partial charge in [0.2, 0.25) is 0 Å². The maximum Gasteiger partial charge on any atom is 0.277 e. The monoisotopic (exact) mass is 356 g/mol. The normalized spacial score (nSPS) is 11.0. The number of benzene rings is 3.